The van der Waals surface area contributed by atoms with E-state index in [0.29, 0.717) is 23.0 Å². The summed E-state index contributed by atoms with van der Waals surface area (Å²) in [7, 11) is 3.52. The van der Waals surface area contributed by atoms with Crippen LogP contribution in [0.3, 0.4) is 0 Å². The number of carbonyl (C=O) groups is 2. The molecule has 2 aromatic rings. The Hall–Kier alpha value is -2.93. The van der Waals surface area contributed by atoms with Gasteiger partial charge >= 0.3 is 0 Å². The lowest BCUT2D eigenvalue weighted by Gasteiger charge is -2.37. The molecule has 1 N–H and O–H groups in total. The molecule has 1 unspecified atom stereocenters. The standard InChI is InChI=1S/C29H40N4O3/c1-20-6-5-7-24(18-20)27(34)29(36)33-16-12-23(13-17-33)19-22-10-14-32(15-11-22)26-9-8-25(21(2)30-26)28(35)31(3)4/h5-9,18,22-23,27,34H,10-17,19H2,1-4H3. The van der Waals surface area contributed by atoms with Gasteiger partial charge in [-0.15, -0.1) is 0 Å². The first kappa shape index (κ1) is 26.1. The first-order chi connectivity index (χ1) is 17.2. The number of aromatic nitrogens is 1. The Morgan fingerprint density at radius 2 is 1.64 bits per heavy atom. The lowest BCUT2D eigenvalue weighted by Crippen LogP contribution is -2.42. The van der Waals surface area contributed by atoms with Crippen LogP contribution in [0.25, 0.3) is 0 Å². The second-order valence-electron chi connectivity index (χ2n) is 10.8. The highest BCUT2D eigenvalue weighted by atomic mass is 16.3. The van der Waals surface area contributed by atoms with Crippen molar-refractivity contribution in [1.82, 2.24) is 14.8 Å². The van der Waals surface area contributed by atoms with Crippen molar-refractivity contribution in [1.29, 1.82) is 0 Å². The molecule has 4 rings (SSSR count). The molecule has 0 radical (unpaired) electrons. The molecule has 2 aliphatic heterocycles. The number of aliphatic hydroxyl groups is 1. The fourth-order valence-corrected chi connectivity index (χ4v) is 5.60. The van der Waals surface area contributed by atoms with Crippen molar-refractivity contribution >= 4 is 17.6 Å². The molecule has 1 aromatic heterocycles. The summed E-state index contributed by atoms with van der Waals surface area (Å²) in [6, 6.07) is 11.4. The van der Waals surface area contributed by atoms with Crippen LogP contribution in [0.1, 0.15) is 65.4 Å². The van der Waals surface area contributed by atoms with E-state index in [1.807, 2.05) is 55.1 Å². The van der Waals surface area contributed by atoms with E-state index in [9.17, 15) is 14.7 Å². The molecule has 194 valence electrons. The van der Waals surface area contributed by atoms with E-state index in [-0.39, 0.29) is 11.8 Å². The molecule has 7 nitrogen and oxygen atoms in total. The quantitative estimate of drug-likeness (QED) is 0.660. The summed E-state index contributed by atoms with van der Waals surface area (Å²) in [6.45, 7) is 7.30. The molecule has 36 heavy (non-hydrogen) atoms. The molecule has 0 saturated carbocycles. The minimum Gasteiger partial charge on any atom is -0.378 e. The van der Waals surface area contributed by atoms with Gasteiger partial charge in [-0.05, 0) is 75.5 Å². The number of hydrogen-bond acceptors (Lipinski definition) is 5. The molecule has 2 fully saturated rings. The van der Waals surface area contributed by atoms with Gasteiger partial charge in [0.25, 0.3) is 11.8 Å². The van der Waals surface area contributed by atoms with E-state index < -0.39 is 6.10 Å². The summed E-state index contributed by atoms with van der Waals surface area (Å²) in [6.07, 6.45) is 4.44. The second kappa shape index (κ2) is 11.4. The SMILES string of the molecule is Cc1cccc(C(O)C(=O)N2CCC(CC3CCN(c4ccc(C(=O)N(C)C)c(C)n4)CC3)CC2)c1. The maximum absolute atomic E-state index is 12.8. The van der Waals surface area contributed by atoms with Crippen LogP contribution in [0.15, 0.2) is 36.4 Å². The summed E-state index contributed by atoms with van der Waals surface area (Å²) < 4.78 is 0. The Morgan fingerprint density at radius 3 is 2.22 bits per heavy atom. The van der Waals surface area contributed by atoms with E-state index in [1.165, 1.54) is 6.42 Å². The molecule has 0 aliphatic carbocycles. The Bertz CT molecular complexity index is 1070. The Morgan fingerprint density at radius 1 is 1.00 bits per heavy atom. The second-order valence-corrected chi connectivity index (χ2v) is 10.8. The van der Waals surface area contributed by atoms with Crippen molar-refractivity contribution in [2.75, 3.05) is 45.2 Å². The molecule has 1 aromatic carbocycles. The molecule has 0 bridgehead atoms. The first-order valence-corrected chi connectivity index (χ1v) is 13.2. The van der Waals surface area contributed by atoms with Crippen LogP contribution < -0.4 is 4.90 Å². The maximum atomic E-state index is 12.8. The van der Waals surface area contributed by atoms with Crippen molar-refractivity contribution in [3.05, 3.63) is 58.8 Å². The number of pyridine rings is 1. The number of aryl methyl sites for hydroxylation is 2. The number of amides is 2. The number of benzene rings is 1. The van der Waals surface area contributed by atoms with Gasteiger partial charge in [-0.3, -0.25) is 9.59 Å². The fourth-order valence-electron chi connectivity index (χ4n) is 5.60. The third kappa shape index (κ3) is 6.06. The van der Waals surface area contributed by atoms with Gasteiger partial charge in [0.2, 0.25) is 0 Å². The molecular weight excluding hydrogens is 452 g/mol. The zero-order valence-electron chi connectivity index (χ0n) is 22.1. The normalized spacial score (nSPS) is 18.2. The highest BCUT2D eigenvalue weighted by Crippen LogP contribution is 2.32. The van der Waals surface area contributed by atoms with Gasteiger partial charge in [0, 0.05) is 40.3 Å². The Balaban J connectivity index is 1.23. The van der Waals surface area contributed by atoms with Crippen LogP contribution in [0.4, 0.5) is 5.82 Å². The van der Waals surface area contributed by atoms with E-state index in [4.69, 9.17) is 4.98 Å². The van der Waals surface area contributed by atoms with Gasteiger partial charge < -0.3 is 19.8 Å². The molecule has 2 aliphatic rings. The molecule has 3 heterocycles. The highest BCUT2D eigenvalue weighted by Gasteiger charge is 2.30. The summed E-state index contributed by atoms with van der Waals surface area (Å²) in [4.78, 5) is 35.6. The fraction of sp³-hybridized carbons (Fsp3) is 0.552. The van der Waals surface area contributed by atoms with Gasteiger partial charge in [-0.25, -0.2) is 4.98 Å². The number of carbonyl (C=O) groups excluding carboxylic acids is 2. The number of likely N-dealkylation sites (tertiary alicyclic amines) is 1. The maximum Gasteiger partial charge on any atom is 0.256 e. The molecular formula is C29H40N4O3. The lowest BCUT2D eigenvalue weighted by molar-refractivity contribution is -0.142. The van der Waals surface area contributed by atoms with Crippen molar-refractivity contribution in [2.45, 2.75) is 52.1 Å². The van der Waals surface area contributed by atoms with Crippen LogP contribution >= 0.6 is 0 Å². The molecule has 7 heteroatoms. The smallest absolute Gasteiger partial charge is 0.256 e. The topological polar surface area (TPSA) is 77.0 Å². The molecule has 2 amide bonds. The number of hydrogen-bond donors (Lipinski definition) is 1. The van der Waals surface area contributed by atoms with Crippen molar-refractivity contribution in [3.63, 3.8) is 0 Å². The largest absolute Gasteiger partial charge is 0.378 e. The first-order valence-electron chi connectivity index (χ1n) is 13.2. The van der Waals surface area contributed by atoms with Crippen molar-refractivity contribution in [3.8, 4) is 0 Å². The minimum atomic E-state index is -1.07. The molecule has 0 spiro atoms. The zero-order chi connectivity index (χ0) is 25.8. The van der Waals surface area contributed by atoms with Crippen molar-refractivity contribution in [2.24, 2.45) is 11.8 Å². The van der Waals surface area contributed by atoms with Gasteiger partial charge in [-0.2, -0.15) is 0 Å². The number of aliphatic hydroxyl groups excluding tert-OH is 1. The summed E-state index contributed by atoms with van der Waals surface area (Å²) >= 11 is 0. The number of piperidine rings is 2. The van der Waals surface area contributed by atoms with E-state index in [2.05, 4.69) is 4.90 Å². The van der Waals surface area contributed by atoms with Gasteiger partial charge in [0.05, 0.1) is 11.3 Å². The monoisotopic (exact) mass is 492 g/mol. The minimum absolute atomic E-state index is 0.0114. The van der Waals surface area contributed by atoms with Crippen molar-refractivity contribution < 1.29 is 14.7 Å². The average molecular weight is 493 g/mol. The van der Waals surface area contributed by atoms with E-state index in [1.54, 1.807) is 19.0 Å². The molecule has 1 atom stereocenters. The summed E-state index contributed by atoms with van der Waals surface area (Å²) in [5.41, 5.74) is 3.17. The van der Waals surface area contributed by atoms with E-state index in [0.717, 1.165) is 68.9 Å². The Labute approximate surface area is 215 Å². The van der Waals surface area contributed by atoms with Gasteiger partial charge in [0.1, 0.15) is 5.82 Å². The van der Waals surface area contributed by atoms with Crippen LogP contribution in [0.5, 0.6) is 0 Å². The van der Waals surface area contributed by atoms with Crippen LogP contribution in [0, 0.1) is 25.7 Å². The molecule has 2 saturated heterocycles. The average Bonchev–Trinajstić information content (AvgIpc) is 2.88. The number of rotatable bonds is 6. The van der Waals surface area contributed by atoms with Gasteiger partial charge in [0.15, 0.2) is 6.10 Å². The summed E-state index contributed by atoms with van der Waals surface area (Å²) in [5, 5.41) is 10.6. The highest BCUT2D eigenvalue weighted by molar-refractivity contribution is 5.95. The predicted molar refractivity (Wildman–Crippen MR) is 142 cm³/mol. The zero-order valence-corrected chi connectivity index (χ0v) is 22.1. The van der Waals surface area contributed by atoms with Gasteiger partial charge in [-0.1, -0.05) is 29.8 Å². The number of anilines is 1. The van der Waals surface area contributed by atoms with Crippen LogP contribution in [0.2, 0.25) is 0 Å². The third-order valence-electron chi connectivity index (χ3n) is 7.83. The number of nitrogens with zero attached hydrogens (tertiary/aromatic N) is 4. The predicted octanol–water partition coefficient (Wildman–Crippen LogP) is 3.98. The van der Waals surface area contributed by atoms with Crippen LogP contribution in [-0.4, -0.2) is 72.0 Å². The lowest BCUT2D eigenvalue weighted by atomic mass is 9.82. The van der Waals surface area contributed by atoms with Crippen LogP contribution in [-0.2, 0) is 4.79 Å². The summed E-state index contributed by atoms with van der Waals surface area (Å²) in [5.74, 6) is 2.11. The Kier molecular flexibility index (Phi) is 8.29. The third-order valence-corrected chi connectivity index (χ3v) is 7.83. The van der Waals surface area contributed by atoms with E-state index >= 15 is 0 Å².